The lowest BCUT2D eigenvalue weighted by Gasteiger charge is -2.15. The number of carbonyl (C=O) groups is 1. The van der Waals surface area contributed by atoms with Crippen LogP contribution >= 0.6 is 34.5 Å². The molecule has 0 atom stereocenters. The monoisotopic (exact) mass is 331 g/mol. The van der Waals surface area contributed by atoms with Crippen molar-refractivity contribution >= 4 is 40.4 Å². The Labute approximate surface area is 130 Å². The summed E-state index contributed by atoms with van der Waals surface area (Å²) < 4.78 is 5.76. The van der Waals surface area contributed by atoms with Crippen molar-refractivity contribution in [2.24, 2.45) is 0 Å². The van der Waals surface area contributed by atoms with Gasteiger partial charge in [-0.15, -0.1) is 10.2 Å². The van der Waals surface area contributed by atoms with Gasteiger partial charge in [0.25, 0.3) is 5.91 Å². The average molecular weight is 332 g/mol. The maximum atomic E-state index is 11.9. The predicted octanol–water partition coefficient (Wildman–Crippen LogP) is 3.00. The van der Waals surface area contributed by atoms with Gasteiger partial charge in [-0.1, -0.05) is 22.9 Å². The minimum atomic E-state index is -0.228. The third kappa shape index (κ3) is 4.06. The Hall–Kier alpha value is -1.37. The molecule has 0 bridgehead atoms. The molecule has 1 aromatic carbocycles. The molecular weight excluding hydrogens is 321 g/mol. The molecule has 0 aliphatic heterocycles. The van der Waals surface area contributed by atoms with Crippen LogP contribution in [0.1, 0.15) is 9.80 Å². The number of amides is 1. The third-order valence-electron chi connectivity index (χ3n) is 2.44. The molecule has 5 nitrogen and oxygen atoms in total. The average Bonchev–Trinajstić information content (AvgIpc) is 2.86. The van der Waals surface area contributed by atoms with Crippen molar-refractivity contribution in [2.45, 2.75) is 0 Å². The van der Waals surface area contributed by atoms with E-state index in [1.165, 1.54) is 4.90 Å². The number of ether oxygens (including phenoxy) is 1. The molecule has 0 spiro atoms. The zero-order valence-electron chi connectivity index (χ0n) is 10.5. The first kappa shape index (κ1) is 15.0. The van der Waals surface area contributed by atoms with Crippen molar-refractivity contribution < 1.29 is 9.53 Å². The van der Waals surface area contributed by atoms with E-state index in [9.17, 15) is 4.79 Å². The molecule has 106 valence electrons. The number of nitrogens with zero attached hydrogens (tertiary/aromatic N) is 3. The number of aromatic nitrogens is 2. The van der Waals surface area contributed by atoms with Crippen molar-refractivity contribution in [3.8, 4) is 5.75 Å². The smallest absolute Gasteiger partial charge is 0.284 e. The van der Waals surface area contributed by atoms with Gasteiger partial charge in [0.1, 0.15) is 12.4 Å². The van der Waals surface area contributed by atoms with E-state index >= 15 is 0 Å². The zero-order chi connectivity index (χ0) is 14.5. The Morgan fingerprint density at radius 3 is 2.60 bits per heavy atom. The topological polar surface area (TPSA) is 55.3 Å². The Bertz CT molecular complexity index is 589. The van der Waals surface area contributed by atoms with Crippen LogP contribution in [0, 0.1) is 0 Å². The number of rotatable bonds is 5. The second-order valence-electron chi connectivity index (χ2n) is 3.89. The van der Waals surface area contributed by atoms with Gasteiger partial charge in [-0.2, -0.15) is 0 Å². The second kappa shape index (κ2) is 6.88. The molecule has 8 heteroatoms. The van der Waals surface area contributed by atoms with Gasteiger partial charge in [0.15, 0.2) is 0 Å². The second-order valence-corrected chi connectivity index (χ2v) is 5.89. The molecule has 0 unspecified atom stereocenters. The van der Waals surface area contributed by atoms with Gasteiger partial charge < -0.3 is 9.64 Å². The highest BCUT2D eigenvalue weighted by Gasteiger charge is 2.16. The maximum Gasteiger partial charge on any atom is 0.284 e. The summed E-state index contributed by atoms with van der Waals surface area (Å²) >= 11 is 12.5. The van der Waals surface area contributed by atoms with E-state index in [0.717, 1.165) is 11.3 Å². The molecule has 1 amide bonds. The summed E-state index contributed by atoms with van der Waals surface area (Å²) in [7, 11) is 1.67. The lowest BCUT2D eigenvalue weighted by atomic mass is 10.3. The summed E-state index contributed by atoms with van der Waals surface area (Å²) in [6, 6.07) is 7.04. The van der Waals surface area contributed by atoms with Crippen molar-refractivity contribution in [3.63, 3.8) is 0 Å². The first-order valence-electron chi connectivity index (χ1n) is 5.69. The molecule has 0 aliphatic rings. The number of carbonyl (C=O) groups excluding carboxylic acids is 1. The SMILES string of the molecule is CN(CCOc1ccc(Cl)cc1)C(=O)c1nnc(Cl)s1. The molecule has 0 saturated carbocycles. The molecule has 0 saturated heterocycles. The fourth-order valence-electron chi connectivity index (χ4n) is 1.39. The molecule has 2 aromatic rings. The molecule has 2 rings (SSSR count). The summed E-state index contributed by atoms with van der Waals surface area (Å²) in [5.74, 6) is 0.475. The summed E-state index contributed by atoms with van der Waals surface area (Å²) in [4.78, 5) is 13.5. The highest BCUT2D eigenvalue weighted by atomic mass is 35.5. The Kier molecular flexibility index (Phi) is 5.17. The van der Waals surface area contributed by atoms with E-state index in [1.807, 2.05) is 0 Å². The Morgan fingerprint density at radius 2 is 2.00 bits per heavy atom. The molecule has 0 N–H and O–H groups in total. The first-order chi connectivity index (χ1) is 9.56. The largest absolute Gasteiger partial charge is 0.492 e. The van der Waals surface area contributed by atoms with Gasteiger partial charge in [-0.25, -0.2) is 0 Å². The highest BCUT2D eigenvalue weighted by molar-refractivity contribution is 7.17. The van der Waals surface area contributed by atoms with Gasteiger partial charge in [0, 0.05) is 12.1 Å². The molecule has 0 radical (unpaired) electrons. The summed E-state index contributed by atoms with van der Waals surface area (Å²) in [5, 5.41) is 8.22. The zero-order valence-corrected chi connectivity index (χ0v) is 12.9. The predicted molar refractivity (Wildman–Crippen MR) is 78.8 cm³/mol. The van der Waals surface area contributed by atoms with Crippen LogP contribution < -0.4 is 4.74 Å². The van der Waals surface area contributed by atoms with E-state index in [0.29, 0.717) is 23.9 Å². The van der Waals surface area contributed by atoms with E-state index in [4.69, 9.17) is 27.9 Å². The van der Waals surface area contributed by atoms with Crippen LogP contribution in [0.3, 0.4) is 0 Å². The summed E-state index contributed by atoms with van der Waals surface area (Å²) in [5.41, 5.74) is 0. The third-order valence-corrected chi connectivity index (χ3v) is 3.70. The number of benzene rings is 1. The fourth-order valence-corrected chi connectivity index (χ4v) is 2.34. The van der Waals surface area contributed by atoms with Crippen LogP contribution in [-0.2, 0) is 0 Å². The summed E-state index contributed by atoms with van der Waals surface area (Å²) in [6.45, 7) is 0.801. The standard InChI is InChI=1S/C12H11Cl2N3O2S/c1-17(11(18)10-15-16-12(14)20-10)6-7-19-9-4-2-8(13)3-5-9/h2-5H,6-7H2,1H3. The lowest BCUT2D eigenvalue weighted by Crippen LogP contribution is -2.30. The van der Waals surface area contributed by atoms with Crippen LogP contribution in [0.4, 0.5) is 0 Å². The van der Waals surface area contributed by atoms with E-state index in [-0.39, 0.29) is 15.4 Å². The minimum absolute atomic E-state index is 0.228. The van der Waals surface area contributed by atoms with Crippen molar-refractivity contribution in [2.75, 3.05) is 20.2 Å². The van der Waals surface area contributed by atoms with Crippen LogP contribution in [0.25, 0.3) is 0 Å². The van der Waals surface area contributed by atoms with E-state index in [1.54, 1.807) is 31.3 Å². The Morgan fingerprint density at radius 1 is 1.30 bits per heavy atom. The van der Waals surface area contributed by atoms with Crippen LogP contribution in [0.2, 0.25) is 9.49 Å². The fraction of sp³-hybridized carbons (Fsp3) is 0.250. The van der Waals surface area contributed by atoms with Gasteiger partial charge >= 0.3 is 0 Å². The van der Waals surface area contributed by atoms with Gasteiger partial charge in [0.2, 0.25) is 9.47 Å². The van der Waals surface area contributed by atoms with E-state index in [2.05, 4.69) is 10.2 Å². The number of hydrogen-bond donors (Lipinski definition) is 0. The van der Waals surface area contributed by atoms with Crippen molar-refractivity contribution in [3.05, 3.63) is 38.8 Å². The Balaban J connectivity index is 1.81. The molecule has 1 heterocycles. The molecule has 20 heavy (non-hydrogen) atoms. The van der Waals surface area contributed by atoms with Gasteiger partial charge in [-0.3, -0.25) is 4.79 Å². The normalized spacial score (nSPS) is 10.3. The van der Waals surface area contributed by atoms with Crippen LogP contribution in [0.5, 0.6) is 5.75 Å². The quantitative estimate of drug-likeness (QED) is 0.845. The molecule has 0 fully saturated rings. The van der Waals surface area contributed by atoms with Crippen LogP contribution in [-0.4, -0.2) is 41.2 Å². The van der Waals surface area contributed by atoms with Crippen LogP contribution in [0.15, 0.2) is 24.3 Å². The summed E-state index contributed by atoms with van der Waals surface area (Å²) in [6.07, 6.45) is 0. The maximum absolute atomic E-state index is 11.9. The van der Waals surface area contributed by atoms with Crippen molar-refractivity contribution in [1.82, 2.24) is 15.1 Å². The first-order valence-corrected chi connectivity index (χ1v) is 7.26. The van der Waals surface area contributed by atoms with Gasteiger partial charge in [-0.05, 0) is 35.9 Å². The molecule has 1 aromatic heterocycles. The van der Waals surface area contributed by atoms with Gasteiger partial charge in [0.05, 0.1) is 6.54 Å². The highest BCUT2D eigenvalue weighted by Crippen LogP contribution is 2.17. The number of halogens is 2. The number of likely N-dealkylation sites (N-methyl/N-ethyl adjacent to an activating group) is 1. The molecular formula is C12H11Cl2N3O2S. The minimum Gasteiger partial charge on any atom is -0.492 e. The molecule has 0 aliphatic carbocycles. The van der Waals surface area contributed by atoms with E-state index < -0.39 is 0 Å². The van der Waals surface area contributed by atoms with Crippen molar-refractivity contribution in [1.29, 1.82) is 0 Å². The number of hydrogen-bond acceptors (Lipinski definition) is 5. The lowest BCUT2D eigenvalue weighted by molar-refractivity contribution is 0.0772.